The molecule has 1 aromatic rings. The number of alkyl halides is 3. The van der Waals surface area contributed by atoms with E-state index in [9.17, 15) is 13.2 Å². The fraction of sp³-hybridized carbons (Fsp3) is 0.400. The van der Waals surface area contributed by atoms with Crippen LogP contribution in [0.15, 0.2) is 24.3 Å². The smallest absolute Gasteiger partial charge is 0.170 e. The minimum atomic E-state index is -4.11. The molecule has 14 heavy (non-hydrogen) atoms. The lowest BCUT2D eigenvalue weighted by atomic mass is 9.95. The van der Waals surface area contributed by atoms with Gasteiger partial charge in [-0.15, -0.1) is 0 Å². The number of halogens is 3. The zero-order valence-corrected chi connectivity index (χ0v) is 8.16. The average molecular weight is 218 g/mol. The van der Waals surface area contributed by atoms with Crippen LogP contribution in [0.5, 0.6) is 0 Å². The van der Waals surface area contributed by atoms with E-state index in [1.165, 1.54) is 11.8 Å². The maximum atomic E-state index is 12.6. The van der Waals surface area contributed by atoms with Gasteiger partial charge in [0.15, 0.2) is 0 Å². The van der Waals surface area contributed by atoms with Crippen LogP contribution < -0.4 is 0 Å². The van der Waals surface area contributed by atoms with Crippen LogP contribution in [0.2, 0.25) is 0 Å². The van der Waals surface area contributed by atoms with Crippen LogP contribution in [-0.4, -0.2) is 11.9 Å². The highest BCUT2D eigenvalue weighted by molar-refractivity contribution is 7.98. The zero-order valence-electron chi connectivity index (χ0n) is 7.34. The van der Waals surface area contributed by atoms with Crippen molar-refractivity contribution in [1.29, 1.82) is 0 Å². The number of fused-ring (bicyclic) bond motifs is 1. The van der Waals surface area contributed by atoms with E-state index in [0.717, 1.165) is 5.56 Å². The van der Waals surface area contributed by atoms with E-state index in [0.29, 0.717) is 11.3 Å². The lowest BCUT2D eigenvalue weighted by Crippen LogP contribution is -2.26. The first kappa shape index (κ1) is 9.90. The van der Waals surface area contributed by atoms with Crippen LogP contribution in [0.4, 0.5) is 13.2 Å². The molecule has 0 radical (unpaired) electrons. The molecule has 0 fully saturated rings. The molecule has 1 atom stereocenters. The van der Waals surface area contributed by atoms with Crippen molar-refractivity contribution < 1.29 is 13.2 Å². The molecule has 0 saturated heterocycles. The van der Waals surface area contributed by atoms with Crippen LogP contribution in [0.3, 0.4) is 0 Å². The first-order chi connectivity index (χ1) is 6.59. The lowest BCUT2D eigenvalue weighted by molar-refractivity contribution is -0.145. The predicted octanol–water partition coefficient (Wildman–Crippen LogP) is 3.58. The van der Waals surface area contributed by atoms with Crippen molar-refractivity contribution >= 4 is 11.8 Å². The fourth-order valence-corrected chi connectivity index (χ4v) is 2.86. The number of thioether (sulfide) groups is 1. The van der Waals surface area contributed by atoms with Gasteiger partial charge >= 0.3 is 6.18 Å². The third-order valence-electron chi connectivity index (χ3n) is 2.37. The summed E-state index contributed by atoms with van der Waals surface area (Å²) in [5, 5.41) is 0. The Balaban J connectivity index is 2.41. The molecule has 0 aromatic heterocycles. The van der Waals surface area contributed by atoms with Crippen molar-refractivity contribution in [3.63, 3.8) is 0 Å². The molecule has 4 heteroatoms. The van der Waals surface area contributed by atoms with Gasteiger partial charge in [-0.2, -0.15) is 24.9 Å². The summed E-state index contributed by atoms with van der Waals surface area (Å²) in [5.74, 6) is -0.430. The average Bonchev–Trinajstić information content (AvgIpc) is 2.15. The molecule has 0 N–H and O–H groups in total. The lowest BCUT2D eigenvalue weighted by Gasteiger charge is -2.26. The van der Waals surface area contributed by atoms with Crippen molar-refractivity contribution in [2.75, 3.05) is 5.75 Å². The summed E-state index contributed by atoms with van der Waals surface area (Å²) in [6, 6.07) is 6.83. The van der Waals surface area contributed by atoms with Crippen molar-refractivity contribution in [2.24, 2.45) is 0 Å². The van der Waals surface area contributed by atoms with E-state index < -0.39 is 12.1 Å². The second kappa shape index (κ2) is 3.50. The highest BCUT2D eigenvalue weighted by atomic mass is 32.2. The number of benzene rings is 1. The molecular weight excluding hydrogens is 209 g/mol. The predicted molar refractivity (Wildman–Crippen MR) is 51.4 cm³/mol. The summed E-state index contributed by atoms with van der Waals surface area (Å²) in [6.45, 7) is 0. The Morgan fingerprint density at radius 1 is 1.21 bits per heavy atom. The van der Waals surface area contributed by atoms with Crippen LogP contribution in [0.25, 0.3) is 0 Å². The Morgan fingerprint density at radius 3 is 2.64 bits per heavy atom. The third kappa shape index (κ3) is 1.75. The summed E-state index contributed by atoms with van der Waals surface area (Å²) in [6.07, 6.45) is -4.11. The van der Waals surface area contributed by atoms with E-state index in [2.05, 4.69) is 0 Å². The van der Waals surface area contributed by atoms with Gasteiger partial charge in [-0.1, -0.05) is 24.3 Å². The van der Waals surface area contributed by atoms with E-state index in [1.54, 1.807) is 24.3 Å². The second-order valence-corrected chi connectivity index (χ2v) is 4.34. The van der Waals surface area contributed by atoms with Crippen molar-refractivity contribution in [3.05, 3.63) is 35.4 Å². The molecule has 0 saturated carbocycles. The van der Waals surface area contributed by atoms with Gasteiger partial charge in [-0.05, 0) is 11.1 Å². The quantitative estimate of drug-likeness (QED) is 0.641. The number of hydrogen-bond donors (Lipinski definition) is 0. The molecule has 1 aromatic carbocycles. The maximum absolute atomic E-state index is 12.6. The van der Waals surface area contributed by atoms with E-state index in [1.807, 2.05) is 0 Å². The molecule has 0 bridgehead atoms. The highest BCUT2D eigenvalue weighted by Gasteiger charge is 2.42. The maximum Gasteiger partial charge on any atom is 0.396 e. The fourth-order valence-electron chi connectivity index (χ4n) is 1.65. The van der Waals surface area contributed by atoms with E-state index >= 15 is 0 Å². The van der Waals surface area contributed by atoms with Gasteiger partial charge in [-0.25, -0.2) is 0 Å². The van der Waals surface area contributed by atoms with E-state index in [4.69, 9.17) is 0 Å². The number of hydrogen-bond acceptors (Lipinski definition) is 1. The summed E-state index contributed by atoms with van der Waals surface area (Å²) in [4.78, 5) is 0. The van der Waals surface area contributed by atoms with Gasteiger partial charge < -0.3 is 0 Å². The van der Waals surface area contributed by atoms with Crippen molar-refractivity contribution in [2.45, 2.75) is 17.8 Å². The molecule has 1 aliphatic heterocycles. The second-order valence-electron chi connectivity index (χ2n) is 3.31. The first-order valence-corrected chi connectivity index (χ1v) is 5.47. The normalized spacial score (nSPS) is 21.8. The Bertz CT molecular complexity index is 332. The Hall–Kier alpha value is -0.640. The summed E-state index contributed by atoms with van der Waals surface area (Å²) < 4.78 is 37.8. The molecule has 76 valence electrons. The molecule has 0 aliphatic carbocycles. The molecule has 1 unspecified atom stereocenters. The van der Waals surface area contributed by atoms with Crippen LogP contribution in [0.1, 0.15) is 17.0 Å². The molecule has 1 heterocycles. The standard InChI is InChI=1S/C10H9F3S/c11-10(12,13)9-6-14-5-7-3-1-2-4-8(7)9/h1-4,9H,5-6H2. The summed E-state index contributed by atoms with van der Waals surface area (Å²) in [5.41, 5.74) is 1.28. The van der Waals surface area contributed by atoms with Gasteiger partial charge in [0.05, 0.1) is 5.92 Å². The SMILES string of the molecule is FC(F)(F)C1CSCc2ccccc21. The number of rotatable bonds is 0. The highest BCUT2D eigenvalue weighted by Crippen LogP contribution is 2.42. The van der Waals surface area contributed by atoms with Gasteiger partial charge in [0.2, 0.25) is 0 Å². The van der Waals surface area contributed by atoms with Gasteiger partial charge in [0.1, 0.15) is 0 Å². The molecular formula is C10H9F3S. The largest absolute Gasteiger partial charge is 0.396 e. The Labute approximate surface area is 84.5 Å². The van der Waals surface area contributed by atoms with Crippen LogP contribution >= 0.6 is 11.8 Å². The monoisotopic (exact) mass is 218 g/mol. The molecule has 0 amide bonds. The molecule has 1 aliphatic rings. The van der Waals surface area contributed by atoms with Gasteiger partial charge in [0, 0.05) is 11.5 Å². The summed E-state index contributed by atoms with van der Waals surface area (Å²) in [7, 11) is 0. The Morgan fingerprint density at radius 2 is 1.93 bits per heavy atom. The minimum Gasteiger partial charge on any atom is -0.170 e. The van der Waals surface area contributed by atoms with Crippen molar-refractivity contribution in [3.8, 4) is 0 Å². The zero-order chi connectivity index (χ0) is 10.2. The van der Waals surface area contributed by atoms with E-state index in [-0.39, 0.29) is 5.75 Å². The third-order valence-corrected chi connectivity index (χ3v) is 3.45. The van der Waals surface area contributed by atoms with Crippen molar-refractivity contribution in [1.82, 2.24) is 0 Å². The van der Waals surface area contributed by atoms with Gasteiger partial charge in [-0.3, -0.25) is 0 Å². The first-order valence-electron chi connectivity index (χ1n) is 4.31. The Kier molecular flexibility index (Phi) is 2.47. The minimum absolute atomic E-state index is 0.153. The molecule has 0 nitrogen and oxygen atoms in total. The molecule has 0 spiro atoms. The molecule has 2 rings (SSSR count). The van der Waals surface area contributed by atoms with Crippen LogP contribution in [0, 0.1) is 0 Å². The topological polar surface area (TPSA) is 0 Å². The van der Waals surface area contributed by atoms with Crippen LogP contribution in [-0.2, 0) is 5.75 Å². The van der Waals surface area contributed by atoms with Gasteiger partial charge in [0.25, 0.3) is 0 Å². The summed E-state index contributed by atoms with van der Waals surface area (Å²) >= 11 is 1.35.